The second kappa shape index (κ2) is 7.12. The van der Waals surface area contributed by atoms with Crippen molar-refractivity contribution in [1.29, 1.82) is 0 Å². The molecule has 0 fully saturated rings. The first-order valence-corrected chi connectivity index (χ1v) is 7.51. The topological polar surface area (TPSA) is 50.9 Å². The van der Waals surface area contributed by atoms with Gasteiger partial charge in [0.25, 0.3) is 0 Å². The zero-order valence-electron chi connectivity index (χ0n) is 13.1. The number of aryl methyl sites for hydroxylation is 1. The molecule has 4 nitrogen and oxygen atoms in total. The second-order valence-electron chi connectivity index (χ2n) is 5.73. The Morgan fingerprint density at radius 3 is 2.61 bits per heavy atom. The molecule has 0 aliphatic heterocycles. The molecule has 0 bridgehead atoms. The molecule has 1 N–H and O–H groups in total. The molecular formula is C16H20F3N3O. The summed E-state index contributed by atoms with van der Waals surface area (Å²) in [7, 11) is 0. The van der Waals surface area contributed by atoms with E-state index in [9.17, 15) is 13.2 Å². The van der Waals surface area contributed by atoms with Crippen molar-refractivity contribution in [2.45, 2.75) is 45.3 Å². The number of pyridine rings is 1. The molecule has 2 aromatic rings. The first-order chi connectivity index (χ1) is 10.8. The molecule has 0 aromatic carbocycles. The number of aliphatic hydroxyl groups excluding tert-OH is 1. The van der Waals surface area contributed by atoms with Crippen molar-refractivity contribution in [1.82, 2.24) is 14.8 Å². The summed E-state index contributed by atoms with van der Waals surface area (Å²) in [5, 5.41) is 12.5. The molecule has 0 aliphatic carbocycles. The van der Waals surface area contributed by atoms with Crippen molar-refractivity contribution in [3.63, 3.8) is 0 Å². The Hall–Kier alpha value is -1.89. The Balaban J connectivity index is 2.26. The molecular weight excluding hydrogens is 307 g/mol. The molecule has 23 heavy (non-hydrogen) atoms. The molecule has 0 atom stereocenters. The predicted octanol–water partition coefficient (Wildman–Crippen LogP) is 3.39. The maximum absolute atomic E-state index is 13.0. The molecule has 126 valence electrons. The summed E-state index contributed by atoms with van der Waals surface area (Å²) in [6.07, 6.45) is -2.69. The van der Waals surface area contributed by atoms with Crippen LogP contribution in [-0.4, -0.2) is 26.5 Å². The summed E-state index contributed by atoms with van der Waals surface area (Å²) < 4.78 is 40.4. The van der Waals surface area contributed by atoms with E-state index in [1.807, 2.05) is 26.0 Å². The fraction of sp³-hybridized carbons (Fsp3) is 0.500. The number of hydrogen-bond acceptors (Lipinski definition) is 3. The molecule has 7 heteroatoms. The number of hydrogen-bond donors (Lipinski definition) is 1. The summed E-state index contributed by atoms with van der Waals surface area (Å²) in [6.45, 7) is 4.05. The Morgan fingerprint density at radius 1 is 1.26 bits per heavy atom. The third kappa shape index (κ3) is 4.54. The molecule has 0 unspecified atom stereocenters. The minimum atomic E-state index is -4.50. The summed E-state index contributed by atoms with van der Waals surface area (Å²) in [6, 6.07) is 5.51. The van der Waals surface area contributed by atoms with Gasteiger partial charge in [0.1, 0.15) is 0 Å². The highest BCUT2D eigenvalue weighted by Crippen LogP contribution is 2.31. The summed E-state index contributed by atoms with van der Waals surface area (Å²) >= 11 is 0. The van der Waals surface area contributed by atoms with Crippen molar-refractivity contribution in [2.75, 3.05) is 6.61 Å². The van der Waals surface area contributed by atoms with Crippen LogP contribution in [0.4, 0.5) is 13.2 Å². The zero-order valence-corrected chi connectivity index (χ0v) is 13.1. The summed E-state index contributed by atoms with van der Waals surface area (Å²) in [5.41, 5.74) is 0.782. The molecule has 0 radical (unpaired) electrons. The molecule has 0 saturated heterocycles. The van der Waals surface area contributed by atoms with Gasteiger partial charge in [0, 0.05) is 24.1 Å². The first-order valence-electron chi connectivity index (χ1n) is 7.51. The molecule has 0 spiro atoms. The van der Waals surface area contributed by atoms with E-state index >= 15 is 0 Å². The number of aromatic nitrogens is 3. The minimum absolute atomic E-state index is 0.103. The highest BCUT2D eigenvalue weighted by molar-refractivity contribution is 5.21. The van der Waals surface area contributed by atoms with Gasteiger partial charge in [-0.25, -0.2) is 0 Å². The average molecular weight is 327 g/mol. The van der Waals surface area contributed by atoms with E-state index in [-0.39, 0.29) is 37.5 Å². The molecule has 2 aromatic heterocycles. The van der Waals surface area contributed by atoms with Gasteiger partial charge in [-0.3, -0.25) is 9.67 Å². The van der Waals surface area contributed by atoms with Crippen LogP contribution < -0.4 is 0 Å². The van der Waals surface area contributed by atoms with E-state index in [0.717, 1.165) is 5.69 Å². The van der Waals surface area contributed by atoms with E-state index in [2.05, 4.69) is 10.1 Å². The molecule has 0 amide bonds. The monoisotopic (exact) mass is 327 g/mol. The SMILES string of the molecule is CC(C)c1cccc(Cn2cc(CCCO)c(C(F)(F)F)n2)n1. The molecule has 0 saturated carbocycles. The molecule has 2 heterocycles. The van der Waals surface area contributed by atoms with Gasteiger partial charge in [-0.2, -0.15) is 18.3 Å². The fourth-order valence-corrected chi connectivity index (χ4v) is 2.31. The third-order valence-corrected chi connectivity index (χ3v) is 3.45. The van der Waals surface area contributed by atoms with Gasteiger partial charge < -0.3 is 5.11 Å². The Morgan fingerprint density at radius 2 is 2.00 bits per heavy atom. The van der Waals surface area contributed by atoms with Gasteiger partial charge in [0.15, 0.2) is 5.69 Å². The predicted molar refractivity (Wildman–Crippen MR) is 80.1 cm³/mol. The van der Waals surface area contributed by atoms with Gasteiger partial charge in [0.2, 0.25) is 0 Å². The highest BCUT2D eigenvalue weighted by atomic mass is 19.4. The summed E-state index contributed by atoms with van der Waals surface area (Å²) in [4.78, 5) is 4.45. The van der Waals surface area contributed by atoms with E-state index < -0.39 is 11.9 Å². The van der Waals surface area contributed by atoms with Crippen LogP contribution in [0.5, 0.6) is 0 Å². The number of halogens is 3. The van der Waals surface area contributed by atoms with Crippen LogP contribution >= 0.6 is 0 Å². The fourth-order valence-electron chi connectivity index (χ4n) is 2.31. The van der Waals surface area contributed by atoms with Gasteiger partial charge in [-0.05, 0) is 30.9 Å². The lowest BCUT2D eigenvalue weighted by molar-refractivity contribution is -0.142. The van der Waals surface area contributed by atoms with Crippen molar-refractivity contribution in [2.24, 2.45) is 0 Å². The second-order valence-corrected chi connectivity index (χ2v) is 5.73. The normalized spacial score (nSPS) is 12.1. The van der Waals surface area contributed by atoms with Crippen LogP contribution in [0.2, 0.25) is 0 Å². The lowest BCUT2D eigenvalue weighted by Crippen LogP contribution is -2.11. The van der Waals surface area contributed by atoms with Crippen LogP contribution in [-0.2, 0) is 19.1 Å². The minimum Gasteiger partial charge on any atom is -0.396 e. The van der Waals surface area contributed by atoms with E-state index in [1.165, 1.54) is 10.9 Å². The van der Waals surface area contributed by atoms with Crippen LogP contribution in [0, 0.1) is 0 Å². The van der Waals surface area contributed by atoms with Gasteiger partial charge in [-0.15, -0.1) is 0 Å². The van der Waals surface area contributed by atoms with Crippen LogP contribution in [0.15, 0.2) is 24.4 Å². The lowest BCUT2D eigenvalue weighted by Gasteiger charge is -2.07. The average Bonchev–Trinajstić information content (AvgIpc) is 2.88. The van der Waals surface area contributed by atoms with Gasteiger partial charge in [-0.1, -0.05) is 19.9 Å². The molecule has 2 rings (SSSR count). The standard InChI is InChI=1S/C16H20F3N3O/c1-11(2)14-7-3-6-13(20-14)10-22-9-12(5-4-8-23)15(21-22)16(17,18)19/h3,6-7,9,11,23H,4-5,8,10H2,1-2H3. The van der Waals surface area contributed by atoms with Crippen LogP contribution in [0.25, 0.3) is 0 Å². The number of rotatable bonds is 6. The largest absolute Gasteiger partial charge is 0.435 e. The van der Waals surface area contributed by atoms with Crippen LogP contribution in [0.3, 0.4) is 0 Å². The number of nitrogens with zero attached hydrogens (tertiary/aromatic N) is 3. The van der Waals surface area contributed by atoms with Crippen molar-refractivity contribution < 1.29 is 18.3 Å². The maximum Gasteiger partial charge on any atom is 0.435 e. The Labute approximate surface area is 133 Å². The van der Waals surface area contributed by atoms with E-state index in [1.54, 1.807) is 6.07 Å². The molecule has 0 aliphatic rings. The Bertz CT molecular complexity index is 650. The highest BCUT2D eigenvalue weighted by Gasteiger charge is 2.36. The number of aliphatic hydroxyl groups is 1. The third-order valence-electron chi connectivity index (χ3n) is 3.45. The van der Waals surface area contributed by atoms with Crippen molar-refractivity contribution in [3.8, 4) is 0 Å². The van der Waals surface area contributed by atoms with Gasteiger partial charge in [0.05, 0.1) is 12.2 Å². The Kier molecular flexibility index (Phi) is 5.41. The van der Waals surface area contributed by atoms with E-state index in [4.69, 9.17) is 5.11 Å². The quantitative estimate of drug-likeness (QED) is 0.885. The van der Waals surface area contributed by atoms with Gasteiger partial charge >= 0.3 is 6.18 Å². The van der Waals surface area contributed by atoms with Crippen molar-refractivity contribution in [3.05, 3.63) is 47.0 Å². The summed E-state index contributed by atoms with van der Waals surface area (Å²) in [5.74, 6) is 0.249. The van der Waals surface area contributed by atoms with Crippen molar-refractivity contribution >= 4 is 0 Å². The van der Waals surface area contributed by atoms with Crippen LogP contribution in [0.1, 0.15) is 48.8 Å². The smallest absolute Gasteiger partial charge is 0.396 e. The maximum atomic E-state index is 13.0. The number of alkyl halides is 3. The lowest BCUT2D eigenvalue weighted by atomic mass is 10.1. The van der Waals surface area contributed by atoms with E-state index in [0.29, 0.717) is 5.69 Å². The first kappa shape index (κ1) is 17.5. The zero-order chi connectivity index (χ0) is 17.0.